The third-order valence-electron chi connectivity index (χ3n) is 1.54. The molecule has 0 aromatic heterocycles. The summed E-state index contributed by atoms with van der Waals surface area (Å²) in [7, 11) is 0. The van der Waals surface area contributed by atoms with Crippen molar-refractivity contribution in [3.05, 3.63) is 29.3 Å². The van der Waals surface area contributed by atoms with E-state index in [9.17, 15) is 8.78 Å². The zero-order chi connectivity index (χ0) is 10.0. The van der Waals surface area contributed by atoms with E-state index in [-0.39, 0.29) is 5.56 Å². The lowest BCUT2D eigenvalue weighted by Gasteiger charge is -2.05. The van der Waals surface area contributed by atoms with Crippen molar-refractivity contribution in [3.63, 3.8) is 0 Å². The predicted octanol–water partition coefficient (Wildman–Crippen LogP) is 1.19. The predicted molar refractivity (Wildman–Crippen MR) is 40.6 cm³/mol. The minimum Gasteiger partial charge on any atom is -0.505 e. The third-order valence-corrected chi connectivity index (χ3v) is 1.54. The molecule has 1 atom stereocenters. The van der Waals surface area contributed by atoms with Crippen LogP contribution in [0.25, 0.3) is 0 Å². The molecule has 3 nitrogen and oxygen atoms in total. The van der Waals surface area contributed by atoms with Crippen molar-refractivity contribution in [3.8, 4) is 11.8 Å². The van der Waals surface area contributed by atoms with E-state index in [1.54, 1.807) is 6.07 Å². The van der Waals surface area contributed by atoms with Crippen LogP contribution >= 0.6 is 0 Å². The maximum absolute atomic E-state index is 12.9. The highest BCUT2D eigenvalue weighted by Gasteiger charge is 2.14. The van der Waals surface area contributed by atoms with Crippen molar-refractivity contribution >= 4 is 0 Å². The Morgan fingerprint density at radius 1 is 1.38 bits per heavy atom. The van der Waals surface area contributed by atoms with E-state index < -0.39 is 23.4 Å². The smallest absolute Gasteiger partial charge is 0.165 e. The fraction of sp³-hybridized carbons (Fsp3) is 0.125. The minimum absolute atomic E-state index is 0.266. The molecule has 0 amide bonds. The summed E-state index contributed by atoms with van der Waals surface area (Å²) in [5, 5.41) is 17.1. The number of benzene rings is 1. The Morgan fingerprint density at radius 3 is 2.54 bits per heavy atom. The quantitative estimate of drug-likeness (QED) is 0.688. The Labute approximate surface area is 73.0 Å². The normalized spacial score (nSPS) is 12.2. The van der Waals surface area contributed by atoms with Gasteiger partial charge in [0.15, 0.2) is 11.6 Å². The van der Waals surface area contributed by atoms with Gasteiger partial charge in [-0.2, -0.15) is 5.26 Å². The van der Waals surface area contributed by atoms with Gasteiger partial charge < -0.3 is 10.8 Å². The Morgan fingerprint density at radius 2 is 2.00 bits per heavy atom. The standard InChI is InChI=1S/C8H6F2N2O/c9-5-2-8(13)6(10)1-4(5)7(12)3-11/h1-2,7,13H,12H2. The topological polar surface area (TPSA) is 70.0 Å². The maximum atomic E-state index is 12.9. The lowest BCUT2D eigenvalue weighted by atomic mass is 10.1. The molecule has 1 rings (SSSR count). The Hall–Kier alpha value is -1.67. The van der Waals surface area contributed by atoms with Crippen molar-refractivity contribution in [2.24, 2.45) is 5.73 Å². The highest BCUT2D eigenvalue weighted by atomic mass is 19.1. The summed E-state index contributed by atoms with van der Waals surface area (Å²) in [5.74, 6) is -2.69. The molecule has 0 fully saturated rings. The number of rotatable bonds is 1. The van der Waals surface area contributed by atoms with Gasteiger partial charge in [-0.3, -0.25) is 0 Å². The van der Waals surface area contributed by atoms with Gasteiger partial charge in [-0.05, 0) is 6.07 Å². The molecule has 0 heterocycles. The van der Waals surface area contributed by atoms with E-state index in [1.165, 1.54) is 0 Å². The fourth-order valence-electron chi connectivity index (χ4n) is 0.860. The molecule has 1 aromatic rings. The number of hydrogen-bond donors (Lipinski definition) is 2. The van der Waals surface area contributed by atoms with Crippen LogP contribution in [-0.2, 0) is 0 Å². The highest BCUT2D eigenvalue weighted by Crippen LogP contribution is 2.23. The number of nitriles is 1. The van der Waals surface area contributed by atoms with Crippen LogP contribution in [0.15, 0.2) is 12.1 Å². The first kappa shape index (κ1) is 9.42. The van der Waals surface area contributed by atoms with E-state index in [4.69, 9.17) is 16.1 Å². The molecule has 68 valence electrons. The monoisotopic (exact) mass is 184 g/mol. The van der Waals surface area contributed by atoms with Crippen molar-refractivity contribution in [1.82, 2.24) is 0 Å². The number of nitrogens with two attached hydrogens (primary N) is 1. The number of phenolic OH excluding ortho intramolecular Hbond substituents is 1. The summed E-state index contributed by atoms with van der Waals surface area (Å²) >= 11 is 0. The van der Waals surface area contributed by atoms with Crippen LogP contribution in [0.4, 0.5) is 8.78 Å². The molecule has 0 saturated heterocycles. The average Bonchev–Trinajstić information content (AvgIpc) is 2.10. The van der Waals surface area contributed by atoms with Crippen LogP contribution in [0.3, 0.4) is 0 Å². The second kappa shape index (κ2) is 3.37. The lowest BCUT2D eigenvalue weighted by molar-refractivity contribution is 0.424. The van der Waals surface area contributed by atoms with Gasteiger partial charge in [0.1, 0.15) is 11.9 Å². The fourth-order valence-corrected chi connectivity index (χ4v) is 0.860. The van der Waals surface area contributed by atoms with Crippen LogP contribution in [0.2, 0.25) is 0 Å². The summed E-state index contributed by atoms with van der Waals surface area (Å²) in [5.41, 5.74) is 4.90. The molecule has 1 aromatic carbocycles. The van der Waals surface area contributed by atoms with Crippen molar-refractivity contribution in [1.29, 1.82) is 5.26 Å². The van der Waals surface area contributed by atoms with E-state index in [0.717, 1.165) is 0 Å². The van der Waals surface area contributed by atoms with Gasteiger partial charge in [-0.15, -0.1) is 0 Å². The summed E-state index contributed by atoms with van der Waals surface area (Å²) < 4.78 is 25.6. The van der Waals surface area contributed by atoms with Crippen LogP contribution in [0.1, 0.15) is 11.6 Å². The molecule has 0 spiro atoms. The summed E-state index contributed by atoms with van der Waals surface area (Å²) in [6, 6.07) is 1.62. The summed E-state index contributed by atoms with van der Waals surface area (Å²) in [6.45, 7) is 0. The second-order valence-electron chi connectivity index (χ2n) is 2.43. The third kappa shape index (κ3) is 1.73. The van der Waals surface area contributed by atoms with Gasteiger partial charge in [-0.1, -0.05) is 0 Å². The summed E-state index contributed by atoms with van der Waals surface area (Å²) in [6.07, 6.45) is 0. The highest BCUT2D eigenvalue weighted by molar-refractivity contribution is 5.33. The number of hydrogen-bond acceptors (Lipinski definition) is 3. The van der Waals surface area contributed by atoms with Crippen LogP contribution in [0.5, 0.6) is 5.75 Å². The van der Waals surface area contributed by atoms with Gasteiger partial charge in [0.05, 0.1) is 6.07 Å². The van der Waals surface area contributed by atoms with E-state index in [1.807, 2.05) is 0 Å². The molecule has 0 bridgehead atoms. The Balaban J connectivity index is 3.25. The molecular weight excluding hydrogens is 178 g/mol. The minimum atomic E-state index is -1.23. The maximum Gasteiger partial charge on any atom is 0.165 e. The first-order valence-electron chi connectivity index (χ1n) is 3.39. The van der Waals surface area contributed by atoms with Crippen molar-refractivity contribution in [2.45, 2.75) is 6.04 Å². The Kier molecular flexibility index (Phi) is 2.44. The van der Waals surface area contributed by atoms with Crippen LogP contribution in [-0.4, -0.2) is 5.11 Å². The van der Waals surface area contributed by atoms with E-state index >= 15 is 0 Å². The van der Waals surface area contributed by atoms with Gasteiger partial charge in [0.25, 0.3) is 0 Å². The molecule has 3 N–H and O–H groups in total. The zero-order valence-electron chi connectivity index (χ0n) is 6.46. The first-order valence-corrected chi connectivity index (χ1v) is 3.39. The molecule has 0 radical (unpaired) electrons. The molecular formula is C8H6F2N2O. The Bertz CT molecular complexity index is 373. The van der Waals surface area contributed by atoms with Crippen molar-refractivity contribution < 1.29 is 13.9 Å². The number of nitrogens with zero attached hydrogens (tertiary/aromatic N) is 1. The van der Waals surface area contributed by atoms with Gasteiger partial charge in [0, 0.05) is 11.6 Å². The van der Waals surface area contributed by atoms with Crippen molar-refractivity contribution in [2.75, 3.05) is 0 Å². The average molecular weight is 184 g/mol. The molecule has 1 unspecified atom stereocenters. The van der Waals surface area contributed by atoms with Gasteiger partial charge in [-0.25, -0.2) is 8.78 Å². The molecule has 0 aliphatic carbocycles. The molecule has 0 aliphatic heterocycles. The van der Waals surface area contributed by atoms with Gasteiger partial charge in [0.2, 0.25) is 0 Å². The number of aromatic hydroxyl groups is 1. The summed E-state index contributed by atoms with van der Waals surface area (Å²) in [4.78, 5) is 0. The largest absolute Gasteiger partial charge is 0.505 e. The SMILES string of the molecule is N#CC(N)c1cc(F)c(O)cc1F. The molecule has 13 heavy (non-hydrogen) atoms. The second-order valence-corrected chi connectivity index (χ2v) is 2.43. The number of phenols is 1. The molecule has 0 aliphatic rings. The van der Waals surface area contributed by atoms with E-state index in [0.29, 0.717) is 12.1 Å². The van der Waals surface area contributed by atoms with E-state index in [2.05, 4.69) is 0 Å². The first-order chi connectivity index (χ1) is 6.06. The molecule has 0 saturated carbocycles. The van der Waals surface area contributed by atoms with Gasteiger partial charge >= 0.3 is 0 Å². The number of halogens is 2. The zero-order valence-corrected chi connectivity index (χ0v) is 6.46. The lowest BCUT2D eigenvalue weighted by Crippen LogP contribution is -2.09. The van der Waals surface area contributed by atoms with Crippen LogP contribution < -0.4 is 5.73 Å². The molecule has 5 heteroatoms. The van der Waals surface area contributed by atoms with Crippen LogP contribution in [0, 0.1) is 23.0 Å².